The van der Waals surface area contributed by atoms with Gasteiger partial charge in [0.15, 0.2) is 17.5 Å². The van der Waals surface area contributed by atoms with Gasteiger partial charge in [-0.1, -0.05) is 149 Å². The summed E-state index contributed by atoms with van der Waals surface area (Å²) in [6, 6.07) is 68.9. The van der Waals surface area contributed by atoms with Crippen LogP contribution in [-0.2, 0) is 10.8 Å². The summed E-state index contributed by atoms with van der Waals surface area (Å²) < 4.78 is 0. The van der Waals surface area contributed by atoms with Gasteiger partial charge in [0, 0.05) is 27.5 Å². The molecule has 2 aliphatic heterocycles. The average Bonchev–Trinajstić information content (AvgIpc) is 3.37. The highest BCUT2D eigenvalue weighted by Gasteiger charge is 2.39. The molecule has 7 nitrogen and oxygen atoms in total. The molecule has 7 heteroatoms. The summed E-state index contributed by atoms with van der Waals surface area (Å²) in [6.07, 6.45) is 0. The minimum Gasteiger partial charge on any atom is -0.309 e. The molecule has 11 rings (SSSR count). The van der Waals surface area contributed by atoms with Gasteiger partial charge >= 0.3 is 0 Å². The number of aromatic nitrogens is 3. The van der Waals surface area contributed by atoms with Crippen molar-refractivity contribution >= 4 is 34.1 Å². The van der Waals surface area contributed by atoms with Crippen molar-refractivity contribution in [1.29, 1.82) is 10.5 Å². The molecular formula is C59H43N7. The number of nitrogens with zero attached hydrogens (tertiary/aromatic N) is 7. The van der Waals surface area contributed by atoms with E-state index < -0.39 is 0 Å². The largest absolute Gasteiger partial charge is 0.309 e. The third-order valence-corrected chi connectivity index (χ3v) is 13.4. The van der Waals surface area contributed by atoms with Crippen molar-refractivity contribution in [2.45, 2.75) is 38.5 Å². The van der Waals surface area contributed by atoms with Crippen LogP contribution in [0, 0.1) is 22.7 Å². The first-order valence-corrected chi connectivity index (χ1v) is 22.1. The molecule has 0 saturated carbocycles. The number of hydrogen-bond acceptors (Lipinski definition) is 7. The number of nitriles is 2. The molecule has 0 fully saturated rings. The predicted molar refractivity (Wildman–Crippen MR) is 265 cm³/mol. The number of rotatable bonds is 6. The van der Waals surface area contributed by atoms with Gasteiger partial charge in [0.1, 0.15) is 0 Å². The van der Waals surface area contributed by atoms with Crippen LogP contribution >= 0.6 is 0 Å². The molecule has 314 valence electrons. The lowest BCUT2D eigenvalue weighted by molar-refractivity contribution is 0.632. The van der Waals surface area contributed by atoms with Gasteiger partial charge in [-0.15, -0.1) is 0 Å². The zero-order chi connectivity index (χ0) is 45.2. The van der Waals surface area contributed by atoms with Gasteiger partial charge in [-0.05, 0) is 100 Å². The lowest BCUT2D eigenvalue weighted by Crippen LogP contribution is -2.30. The second-order valence-corrected chi connectivity index (χ2v) is 17.9. The molecule has 8 aromatic carbocycles. The van der Waals surface area contributed by atoms with Gasteiger partial charge in [0.2, 0.25) is 0 Å². The second kappa shape index (κ2) is 15.6. The maximum atomic E-state index is 10.5. The van der Waals surface area contributed by atoms with Crippen molar-refractivity contribution in [3.05, 3.63) is 221 Å². The van der Waals surface area contributed by atoms with E-state index in [-0.39, 0.29) is 10.8 Å². The first-order valence-electron chi connectivity index (χ1n) is 22.1. The van der Waals surface area contributed by atoms with E-state index in [1.807, 2.05) is 72.8 Å². The molecule has 0 atom stereocenters. The fourth-order valence-corrected chi connectivity index (χ4v) is 10.0. The van der Waals surface area contributed by atoms with Gasteiger partial charge in [-0.25, -0.2) is 15.0 Å². The highest BCUT2D eigenvalue weighted by Crippen LogP contribution is 2.55. The topological polar surface area (TPSA) is 92.7 Å². The standard InChI is InChI=1S/C59H43N7/c1-58(2)45-21-8-12-25-50(45)65(51-26-13-9-22-46(51)58)49-32-29-39(37-61)34-44(49)57-63-55(40-18-6-5-7-19-40)62-56(64-57)43-31-30-42(41-20-16-17-38(33-41)36-60)35-54(43)66-52-27-14-10-23-47(52)59(3,4)48-24-11-15-28-53(48)66/h5-35H,1-4H3. The SMILES string of the molecule is CC1(C)c2ccccc2N(c2ccc(C#N)cc2-c2nc(-c3ccccc3)nc(-c3ccc(-c4cccc(C#N)c4)cc3N3c4ccccc4C(C)(C)c4ccccc43)n2)c2ccccc21. The number of anilines is 6. The van der Waals surface area contributed by atoms with E-state index in [4.69, 9.17) is 15.0 Å². The maximum absolute atomic E-state index is 10.5. The van der Waals surface area contributed by atoms with Gasteiger partial charge in [-0.3, -0.25) is 0 Å². The van der Waals surface area contributed by atoms with E-state index >= 15 is 0 Å². The normalized spacial score (nSPS) is 13.9. The minimum absolute atomic E-state index is 0.267. The van der Waals surface area contributed by atoms with Crippen LogP contribution in [0.2, 0.25) is 0 Å². The van der Waals surface area contributed by atoms with Gasteiger partial charge in [0.05, 0.1) is 57.4 Å². The summed E-state index contributed by atoms with van der Waals surface area (Å²) in [6.45, 7) is 9.11. The number of fused-ring (bicyclic) bond motifs is 4. The molecule has 0 amide bonds. The maximum Gasteiger partial charge on any atom is 0.166 e. The van der Waals surface area contributed by atoms with Crippen LogP contribution < -0.4 is 9.80 Å². The third kappa shape index (κ3) is 6.44. The molecule has 0 spiro atoms. The fourth-order valence-electron chi connectivity index (χ4n) is 10.0. The van der Waals surface area contributed by atoms with Gasteiger partial charge < -0.3 is 9.80 Å². The van der Waals surface area contributed by atoms with Crippen LogP contribution in [-0.4, -0.2) is 15.0 Å². The molecule has 0 radical (unpaired) electrons. The number of benzene rings is 8. The summed E-state index contributed by atoms with van der Waals surface area (Å²) in [7, 11) is 0. The summed E-state index contributed by atoms with van der Waals surface area (Å²) in [4.78, 5) is 20.7. The molecule has 66 heavy (non-hydrogen) atoms. The van der Waals surface area contributed by atoms with E-state index in [9.17, 15) is 10.5 Å². The summed E-state index contributed by atoms with van der Waals surface area (Å²) in [5.74, 6) is 1.41. The minimum atomic E-state index is -0.285. The van der Waals surface area contributed by atoms with E-state index in [1.165, 1.54) is 22.3 Å². The number of hydrogen-bond donors (Lipinski definition) is 0. The Labute approximate surface area is 385 Å². The zero-order valence-electron chi connectivity index (χ0n) is 37.0. The summed E-state index contributed by atoms with van der Waals surface area (Å²) >= 11 is 0. The monoisotopic (exact) mass is 849 g/mol. The quantitative estimate of drug-likeness (QED) is 0.164. The summed E-state index contributed by atoms with van der Waals surface area (Å²) in [5, 5.41) is 20.4. The smallest absolute Gasteiger partial charge is 0.166 e. The van der Waals surface area contributed by atoms with E-state index in [0.717, 1.165) is 56.4 Å². The Hall–Kier alpha value is -8.65. The molecule has 0 unspecified atom stereocenters. The van der Waals surface area contributed by atoms with Gasteiger partial charge in [-0.2, -0.15) is 10.5 Å². The Bertz CT molecular complexity index is 3380. The molecule has 3 heterocycles. The van der Waals surface area contributed by atoms with Crippen molar-refractivity contribution in [2.24, 2.45) is 0 Å². The number of para-hydroxylation sites is 4. The van der Waals surface area contributed by atoms with Crippen molar-refractivity contribution in [3.63, 3.8) is 0 Å². The molecule has 0 bridgehead atoms. The predicted octanol–water partition coefficient (Wildman–Crippen LogP) is 14.5. The molecule has 0 N–H and O–H groups in total. The van der Waals surface area contributed by atoms with Crippen molar-refractivity contribution in [1.82, 2.24) is 15.0 Å². The van der Waals surface area contributed by atoms with E-state index in [1.54, 1.807) is 0 Å². The highest BCUT2D eigenvalue weighted by molar-refractivity contribution is 5.95. The lowest BCUT2D eigenvalue weighted by atomic mass is 9.73. The van der Waals surface area contributed by atoms with Crippen LogP contribution in [0.25, 0.3) is 45.3 Å². The van der Waals surface area contributed by atoms with Crippen molar-refractivity contribution in [3.8, 4) is 57.4 Å². The van der Waals surface area contributed by atoms with Crippen LogP contribution in [0.4, 0.5) is 34.1 Å². The summed E-state index contributed by atoms with van der Waals surface area (Å²) in [5.41, 5.74) is 15.4. The van der Waals surface area contributed by atoms with Crippen LogP contribution in [0.15, 0.2) is 188 Å². The molecule has 0 saturated heterocycles. The molecule has 9 aromatic rings. The Morgan fingerprint density at radius 3 is 1.33 bits per heavy atom. The van der Waals surface area contributed by atoms with Crippen molar-refractivity contribution < 1.29 is 0 Å². The van der Waals surface area contributed by atoms with Crippen LogP contribution in [0.1, 0.15) is 61.1 Å². The highest BCUT2D eigenvalue weighted by atomic mass is 15.2. The van der Waals surface area contributed by atoms with Crippen LogP contribution in [0.3, 0.4) is 0 Å². The molecule has 0 aliphatic carbocycles. The van der Waals surface area contributed by atoms with Gasteiger partial charge in [0.25, 0.3) is 0 Å². The van der Waals surface area contributed by atoms with E-state index in [2.05, 4.69) is 165 Å². The van der Waals surface area contributed by atoms with Crippen molar-refractivity contribution in [2.75, 3.05) is 9.80 Å². The first kappa shape index (κ1) is 40.1. The first-order chi connectivity index (χ1) is 32.1. The molecule has 2 aliphatic rings. The molecule has 1 aromatic heterocycles. The average molecular weight is 850 g/mol. The Morgan fingerprint density at radius 1 is 0.348 bits per heavy atom. The Balaban J connectivity index is 1.20. The lowest BCUT2D eigenvalue weighted by Gasteiger charge is -2.42. The van der Waals surface area contributed by atoms with Crippen LogP contribution in [0.5, 0.6) is 0 Å². The third-order valence-electron chi connectivity index (χ3n) is 13.4. The molecular weight excluding hydrogens is 807 g/mol. The second-order valence-electron chi connectivity index (χ2n) is 17.9. The Morgan fingerprint density at radius 2 is 0.788 bits per heavy atom. The van der Waals surface area contributed by atoms with E-state index in [0.29, 0.717) is 34.2 Å². The Kier molecular flexibility index (Phi) is 9.46. The zero-order valence-corrected chi connectivity index (χ0v) is 37.0. The fraction of sp³-hybridized carbons (Fsp3) is 0.102.